The van der Waals surface area contributed by atoms with Crippen molar-refractivity contribution in [2.75, 3.05) is 0 Å². The summed E-state index contributed by atoms with van der Waals surface area (Å²) in [7, 11) is -3.77. The number of sulfonamides is 1. The van der Waals surface area contributed by atoms with Gasteiger partial charge in [-0.2, -0.15) is 0 Å². The van der Waals surface area contributed by atoms with E-state index in [1.165, 1.54) is 11.6 Å². The number of benzene rings is 1. The summed E-state index contributed by atoms with van der Waals surface area (Å²) in [5.74, 6) is 0.535. The van der Waals surface area contributed by atoms with Gasteiger partial charge < -0.3 is 9.73 Å². The molecular formula is C14H18N2O3S. The van der Waals surface area contributed by atoms with Gasteiger partial charge in [-0.15, -0.1) is 0 Å². The molecule has 0 amide bonds. The quantitative estimate of drug-likeness (QED) is 0.884. The first-order chi connectivity index (χ1) is 9.36. The molecule has 1 aromatic carbocycles. The van der Waals surface area contributed by atoms with Crippen LogP contribution in [0.3, 0.4) is 0 Å². The molecule has 0 aliphatic rings. The highest BCUT2D eigenvalue weighted by atomic mass is 32.2. The second kappa shape index (κ2) is 5.78. The SMILES string of the molecule is Cc1ccc(C(C)NCc2ccc(S(N)(=O)=O)o2)cc1. The second-order valence-corrected chi connectivity index (χ2v) is 6.27. The van der Waals surface area contributed by atoms with Crippen molar-refractivity contribution < 1.29 is 12.8 Å². The largest absolute Gasteiger partial charge is 0.447 e. The Morgan fingerprint density at radius 3 is 2.40 bits per heavy atom. The van der Waals surface area contributed by atoms with Crippen LogP contribution in [0.1, 0.15) is 29.9 Å². The Hall–Kier alpha value is -1.63. The zero-order chi connectivity index (χ0) is 14.8. The van der Waals surface area contributed by atoms with Crippen molar-refractivity contribution >= 4 is 10.0 Å². The number of nitrogens with two attached hydrogens (primary N) is 1. The lowest BCUT2D eigenvalue weighted by Crippen LogP contribution is -2.17. The van der Waals surface area contributed by atoms with Gasteiger partial charge in [0.05, 0.1) is 6.54 Å². The Kier molecular flexibility index (Phi) is 4.27. The standard InChI is InChI=1S/C14H18N2O3S/c1-10-3-5-12(6-4-10)11(2)16-9-13-7-8-14(19-13)20(15,17)18/h3-8,11,16H,9H2,1-2H3,(H2,15,17,18). The molecule has 1 aromatic heterocycles. The fourth-order valence-corrected chi connectivity index (χ4v) is 2.31. The molecule has 6 heteroatoms. The molecule has 0 fully saturated rings. The first-order valence-corrected chi connectivity index (χ1v) is 7.82. The lowest BCUT2D eigenvalue weighted by atomic mass is 10.1. The van der Waals surface area contributed by atoms with Crippen LogP contribution in [-0.2, 0) is 16.6 Å². The average Bonchev–Trinajstić information content (AvgIpc) is 2.85. The molecule has 0 aliphatic carbocycles. The molecule has 0 saturated heterocycles. The maximum absolute atomic E-state index is 11.1. The van der Waals surface area contributed by atoms with E-state index in [4.69, 9.17) is 9.56 Å². The van der Waals surface area contributed by atoms with E-state index in [0.29, 0.717) is 12.3 Å². The van der Waals surface area contributed by atoms with E-state index in [1.807, 2.05) is 13.8 Å². The minimum absolute atomic E-state index is 0.138. The molecule has 0 saturated carbocycles. The molecule has 3 N–H and O–H groups in total. The van der Waals surface area contributed by atoms with E-state index in [1.54, 1.807) is 6.07 Å². The predicted molar refractivity (Wildman–Crippen MR) is 76.5 cm³/mol. The number of hydrogen-bond acceptors (Lipinski definition) is 4. The number of rotatable bonds is 5. The Labute approximate surface area is 118 Å². The van der Waals surface area contributed by atoms with E-state index in [2.05, 4.69) is 29.6 Å². The van der Waals surface area contributed by atoms with E-state index in [0.717, 1.165) is 5.56 Å². The third kappa shape index (κ3) is 3.69. The molecule has 0 spiro atoms. The molecule has 1 unspecified atom stereocenters. The summed E-state index contributed by atoms with van der Waals surface area (Å²) in [4.78, 5) is 0. The van der Waals surface area contributed by atoms with Gasteiger partial charge in [-0.05, 0) is 31.5 Å². The van der Waals surface area contributed by atoms with Crippen molar-refractivity contribution in [1.29, 1.82) is 0 Å². The normalized spacial score (nSPS) is 13.3. The van der Waals surface area contributed by atoms with Crippen molar-refractivity contribution in [2.24, 2.45) is 5.14 Å². The molecular weight excluding hydrogens is 276 g/mol. The van der Waals surface area contributed by atoms with Crippen molar-refractivity contribution in [3.05, 3.63) is 53.3 Å². The maximum Gasteiger partial charge on any atom is 0.271 e. The van der Waals surface area contributed by atoms with Crippen LogP contribution >= 0.6 is 0 Å². The molecule has 2 rings (SSSR count). The first kappa shape index (κ1) is 14.8. The number of furan rings is 1. The molecule has 0 radical (unpaired) electrons. The lowest BCUT2D eigenvalue weighted by Gasteiger charge is -2.13. The Morgan fingerprint density at radius 2 is 1.85 bits per heavy atom. The second-order valence-electron chi connectivity index (χ2n) is 4.78. The van der Waals surface area contributed by atoms with Gasteiger partial charge in [-0.1, -0.05) is 29.8 Å². The van der Waals surface area contributed by atoms with E-state index < -0.39 is 10.0 Å². The van der Waals surface area contributed by atoms with Gasteiger partial charge >= 0.3 is 0 Å². The van der Waals surface area contributed by atoms with Crippen molar-refractivity contribution in [3.8, 4) is 0 Å². The van der Waals surface area contributed by atoms with Crippen LogP contribution in [0.2, 0.25) is 0 Å². The van der Waals surface area contributed by atoms with Gasteiger partial charge in [0.2, 0.25) is 5.09 Å². The summed E-state index contributed by atoms with van der Waals surface area (Å²) >= 11 is 0. The summed E-state index contributed by atoms with van der Waals surface area (Å²) in [6.07, 6.45) is 0. The molecule has 5 nitrogen and oxygen atoms in total. The highest BCUT2D eigenvalue weighted by Gasteiger charge is 2.13. The average molecular weight is 294 g/mol. The number of primary sulfonamides is 1. The Morgan fingerprint density at radius 1 is 1.20 bits per heavy atom. The maximum atomic E-state index is 11.1. The smallest absolute Gasteiger partial charge is 0.271 e. The highest BCUT2D eigenvalue weighted by Crippen LogP contribution is 2.16. The predicted octanol–water partition coefficient (Wildman–Crippen LogP) is 2.09. The summed E-state index contributed by atoms with van der Waals surface area (Å²) < 4.78 is 27.4. The third-order valence-corrected chi connectivity index (χ3v) is 3.86. The minimum Gasteiger partial charge on any atom is -0.447 e. The number of nitrogens with one attached hydrogen (secondary N) is 1. The van der Waals surface area contributed by atoms with Crippen LogP contribution in [0.5, 0.6) is 0 Å². The third-order valence-electron chi connectivity index (χ3n) is 3.08. The Bertz CT molecular complexity index is 675. The van der Waals surface area contributed by atoms with E-state index in [9.17, 15) is 8.42 Å². The van der Waals surface area contributed by atoms with Gasteiger partial charge in [-0.25, -0.2) is 13.6 Å². The zero-order valence-corrected chi connectivity index (χ0v) is 12.3. The van der Waals surface area contributed by atoms with Gasteiger partial charge in [0.25, 0.3) is 10.0 Å². The summed E-state index contributed by atoms with van der Waals surface area (Å²) in [6, 6.07) is 11.3. The molecule has 1 atom stereocenters. The van der Waals surface area contributed by atoms with Crippen molar-refractivity contribution in [3.63, 3.8) is 0 Å². The fraction of sp³-hybridized carbons (Fsp3) is 0.286. The highest BCUT2D eigenvalue weighted by molar-refractivity contribution is 7.89. The van der Waals surface area contributed by atoms with Crippen LogP contribution < -0.4 is 10.5 Å². The number of aryl methyl sites for hydroxylation is 1. The van der Waals surface area contributed by atoms with Crippen LogP contribution in [0.4, 0.5) is 0 Å². The van der Waals surface area contributed by atoms with Crippen molar-refractivity contribution in [1.82, 2.24) is 5.32 Å². The van der Waals surface area contributed by atoms with Crippen LogP contribution in [-0.4, -0.2) is 8.42 Å². The van der Waals surface area contributed by atoms with Crippen LogP contribution in [0.25, 0.3) is 0 Å². The van der Waals surface area contributed by atoms with Gasteiger partial charge in [0.15, 0.2) is 0 Å². The zero-order valence-electron chi connectivity index (χ0n) is 11.5. The molecule has 1 heterocycles. The summed E-state index contributed by atoms with van der Waals surface area (Å²) in [5, 5.41) is 8.05. The summed E-state index contributed by atoms with van der Waals surface area (Å²) in [5.41, 5.74) is 2.37. The Balaban J connectivity index is 1.98. The van der Waals surface area contributed by atoms with Crippen molar-refractivity contribution in [2.45, 2.75) is 31.5 Å². The molecule has 0 aliphatic heterocycles. The number of hydrogen-bond donors (Lipinski definition) is 2. The molecule has 2 aromatic rings. The van der Waals surface area contributed by atoms with Gasteiger partial charge in [0.1, 0.15) is 5.76 Å². The van der Waals surface area contributed by atoms with Crippen LogP contribution in [0, 0.1) is 6.92 Å². The van der Waals surface area contributed by atoms with E-state index in [-0.39, 0.29) is 11.1 Å². The minimum atomic E-state index is -3.77. The molecule has 0 bridgehead atoms. The van der Waals surface area contributed by atoms with Crippen LogP contribution in [0.15, 0.2) is 45.9 Å². The fourth-order valence-electron chi connectivity index (χ4n) is 1.83. The molecule has 20 heavy (non-hydrogen) atoms. The van der Waals surface area contributed by atoms with Gasteiger partial charge in [-0.3, -0.25) is 0 Å². The lowest BCUT2D eigenvalue weighted by molar-refractivity contribution is 0.393. The van der Waals surface area contributed by atoms with E-state index >= 15 is 0 Å². The first-order valence-electron chi connectivity index (χ1n) is 6.28. The molecule has 108 valence electrons. The monoisotopic (exact) mass is 294 g/mol. The topological polar surface area (TPSA) is 85.3 Å². The summed E-state index contributed by atoms with van der Waals surface area (Å²) in [6.45, 7) is 4.51. The van der Waals surface area contributed by atoms with Gasteiger partial charge in [0, 0.05) is 6.04 Å².